The van der Waals surface area contributed by atoms with Gasteiger partial charge in [0.1, 0.15) is 0 Å². The summed E-state index contributed by atoms with van der Waals surface area (Å²) in [4.78, 5) is 12.1. The van der Waals surface area contributed by atoms with Gasteiger partial charge in [-0.15, -0.1) is 0 Å². The molecular weight excluding hydrogens is 316 g/mol. The lowest BCUT2D eigenvalue weighted by Gasteiger charge is -2.31. The third kappa shape index (κ3) is 3.79. The molecule has 2 atom stereocenters. The zero-order valence-electron chi connectivity index (χ0n) is 13.1. The molecule has 2 heterocycles. The van der Waals surface area contributed by atoms with Gasteiger partial charge in [-0.25, -0.2) is 8.78 Å². The molecule has 24 heavy (non-hydrogen) atoms. The lowest BCUT2D eigenvalue weighted by atomic mass is 9.91. The zero-order chi connectivity index (χ0) is 16.9. The third-order valence-electron chi connectivity index (χ3n) is 4.24. The lowest BCUT2D eigenvalue weighted by molar-refractivity contribution is -0.121. The molecule has 1 aromatic heterocycles. The van der Waals surface area contributed by atoms with Crippen molar-refractivity contribution in [2.75, 3.05) is 13.2 Å². The highest BCUT2D eigenvalue weighted by molar-refractivity contribution is 5.78. The van der Waals surface area contributed by atoms with Gasteiger partial charge >= 0.3 is 0 Å². The first-order chi connectivity index (χ1) is 11.6. The van der Waals surface area contributed by atoms with E-state index < -0.39 is 11.6 Å². The van der Waals surface area contributed by atoms with Crippen LogP contribution in [0.2, 0.25) is 0 Å². The molecule has 2 N–H and O–H groups in total. The Labute approximate surface area is 138 Å². The number of benzene rings is 1. The molecule has 5 nitrogen and oxygen atoms in total. The molecule has 1 aliphatic rings. The number of aromatic nitrogens is 2. The van der Waals surface area contributed by atoms with Crippen LogP contribution in [0.15, 0.2) is 30.6 Å². The Hall–Kier alpha value is -2.28. The van der Waals surface area contributed by atoms with E-state index in [2.05, 4.69) is 15.5 Å². The Bertz CT molecular complexity index is 691. The maximum absolute atomic E-state index is 13.6. The Morgan fingerprint density at radius 2 is 2.29 bits per heavy atom. The summed E-state index contributed by atoms with van der Waals surface area (Å²) < 4.78 is 32.6. The van der Waals surface area contributed by atoms with Gasteiger partial charge in [0.05, 0.1) is 18.7 Å². The largest absolute Gasteiger partial charge is 0.373 e. The van der Waals surface area contributed by atoms with E-state index in [-0.39, 0.29) is 29.9 Å². The van der Waals surface area contributed by atoms with Crippen molar-refractivity contribution < 1.29 is 18.3 Å². The zero-order valence-corrected chi connectivity index (χ0v) is 13.1. The summed E-state index contributed by atoms with van der Waals surface area (Å²) in [5.41, 5.74) is 1.00. The number of nitrogens with zero attached hydrogens (tertiary/aromatic N) is 1. The Morgan fingerprint density at radius 1 is 1.42 bits per heavy atom. The molecule has 1 fully saturated rings. The fourth-order valence-electron chi connectivity index (χ4n) is 3.00. The molecule has 128 valence electrons. The van der Waals surface area contributed by atoms with Crippen LogP contribution in [-0.2, 0) is 16.0 Å². The van der Waals surface area contributed by atoms with Gasteiger partial charge < -0.3 is 10.1 Å². The fraction of sp³-hybridized carbons (Fsp3) is 0.412. The van der Waals surface area contributed by atoms with E-state index in [9.17, 15) is 13.6 Å². The first kappa shape index (κ1) is 16.6. The second-order valence-corrected chi connectivity index (χ2v) is 5.92. The van der Waals surface area contributed by atoms with E-state index >= 15 is 0 Å². The molecule has 0 aliphatic carbocycles. The van der Waals surface area contributed by atoms with Gasteiger partial charge in [-0.3, -0.25) is 9.89 Å². The number of ether oxygens (including phenoxy) is 1. The summed E-state index contributed by atoms with van der Waals surface area (Å²) in [5, 5.41) is 9.49. The summed E-state index contributed by atoms with van der Waals surface area (Å²) >= 11 is 0. The minimum atomic E-state index is -0.968. The minimum Gasteiger partial charge on any atom is -0.373 e. The summed E-state index contributed by atoms with van der Waals surface area (Å²) in [6.45, 7) is 1.10. The van der Waals surface area contributed by atoms with Gasteiger partial charge in [0.15, 0.2) is 11.6 Å². The molecule has 1 amide bonds. The van der Waals surface area contributed by atoms with Gasteiger partial charge in [0.2, 0.25) is 5.91 Å². The quantitative estimate of drug-likeness (QED) is 0.882. The van der Waals surface area contributed by atoms with Gasteiger partial charge in [0.25, 0.3) is 0 Å². The second-order valence-electron chi connectivity index (χ2n) is 5.92. The number of carbonyl (C=O) groups excluding carboxylic acids is 1. The molecule has 0 radical (unpaired) electrons. The Balaban J connectivity index is 1.57. The predicted octanol–water partition coefficient (Wildman–Crippen LogP) is 2.51. The van der Waals surface area contributed by atoms with Crippen molar-refractivity contribution >= 4 is 5.91 Å². The monoisotopic (exact) mass is 335 g/mol. The van der Waals surface area contributed by atoms with Crippen molar-refractivity contribution in [2.45, 2.75) is 25.4 Å². The number of nitrogens with one attached hydrogen (secondary N) is 2. The van der Waals surface area contributed by atoms with Crippen LogP contribution in [0.4, 0.5) is 8.78 Å². The van der Waals surface area contributed by atoms with Crippen molar-refractivity contribution in [3.8, 4) is 0 Å². The van der Waals surface area contributed by atoms with E-state index in [0.29, 0.717) is 13.2 Å². The average Bonchev–Trinajstić information content (AvgIpc) is 3.12. The van der Waals surface area contributed by atoms with Crippen LogP contribution < -0.4 is 5.32 Å². The number of hydrogen-bond acceptors (Lipinski definition) is 3. The molecule has 1 aliphatic heterocycles. The van der Waals surface area contributed by atoms with Crippen LogP contribution in [-0.4, -0.2) is 29.3 Å². The molecule has 0 spiro atoms. The van der Waals surface area contributed by atoms with E-state index in [1.54, 1.807) is 12.4 Å². The fourth-order valence-corrected chi connectivity index (χ4v) is 3.00. The average molecular weight is 335 g/mol. The van der Waals surface area contributed by atoms with Crippen molar-refractivity contribution in [3.63, 3.8) is 0 Å². The second kappa shape index (κ2) is 7.53. The predicted molar refractivity (Wildman–Crippen MR) is 83.1 cm³/mol. The summed E-state index contributed by atoms with van der Waals surface area (Å²) in [6, 6.07) is 3.84. The van der Waals surface area contributed by atoms with Crippen molar-refractivity contribution in [1.29, 1.82) is 0 Å². The maximum Gasteiger partial charge on any atom is 0.224 e. The standard InChI is InChI=1S/C17H19F2N3O2/c18-14-5-1-3-11(16(14)19)7-15(23)20-8-12-4-2-6-24-17(12)13-9-21-22-10-13/h1,3,5,9-10,12,17H,2,4,6-8H2,(H,20,23)(H,21,22)/t12-,17+/m0/s1. The lowest BCUT2D eigenvalue weighted by Crippen LogP contribution is -2.35. The summed E-state index contributed by atoms with van der Waals surface area (Å²) in [7, 11) is 0. The van der Waals surface area contributed by atoms with Gasteiger partial charge in [-0.1, -0.05) is 12.1 Å². The van der Waals surface area contributed by atoms with Crippen LogP contribution in [0.3, 0.4) is 0 Å². The van der Waals surface area contributed by atoms with Gasteiger partial charge in [-0.05, 0) is 18.9 Å². The number of hydrogen-bond donors (Lipinski definition) is 2. The molecule has 0 bridgehead atoms. The first-order valence-electron chi connectivity index (χ1n) is 7.95. The molecule has 1 saturated heterocycles. The number of aromatic amines is 1. The Kier molecular flexibility index (Phi) is 5.20. The van der Waals surface area contributed by atoms with Crippen molar-refractivity contribution in [3.05, 3.63) is 53.4 Å². The molecule has 1 aromatic carbocycles. The van der Waals surface area contributed by atoms with Crippen LogP contribution >= 0.6 is 0 Å². The molecule has 2 aromatic rings. The molecule has 3 rings (SSSR count). The van der Waals surface area contributed by atoms with Crippen LogP contribution in [0.25, 0.3) is 0 Å². The van der Waals surface area contributed by atoms with Gasteiger partial charge in [0, 0.05) is 36.4 Å². The number of amides is 1. The van der Waals surface area contributed by atoms with Crippen molar-refractivity contribution in [1.82, 2.24) is 15.5 Å². The van der Waals surface area contributed by atoms with E-state index in [1.165, 1.54) is 12.1 Å². The van der Waals surface area contributed by atoms with Gasteiger partial charge in [-0.2, -0.15) is 5.10 Å². The Morgan fingerprint density at radius 3 is 3.08 bits per heavy atom. The van der Waals surface area contributed by atoms with Crippen LogP contribution in [0, 0.1) is 17.6 Å². The highest BCUT2D eigenvalue weighted by Crippen LogP contribution is 2.32. The maximum atomic E-state index is 13.6. The molecule has 7 heteroatoms. The van der Waals surface area contributed by atoms with Crippen LogP contribution in [0.1, 0.15) is 30.1 Å². The minimum absolute atomic E-state index is 0.0544. The number of carbonyl (C=O) groups is 1. The highest BCUT2D eigenvalue weighted by Gasteiger charge is 2.28. The number of rotatable bonds is 5. The topological polar surface area (TPSA) is 67.0 Å². The van der Waals surface area contributed by atoms with Crippen LogP contribution in [0.5, 0.6) is 0 Å². The first-order valence-corrected chi connectivity index (χ1v) is 7.95. The molecule has 0 unspecified atom stereocenters. The molecular formula is C17H19F2N3O2. The third-order valence-corrected chi connectivity index (χ3v) is 4.24. The van der Waals surface area contributed by atoms with E-state index in [1.807, 2.05) is 0 Å². The molecule has 0 saturated carbocycles. The van der Waals surface area contributed by atoms with Crippen molar-refractivity contribution in [2.24, 2.45) is 5.92 Å². The smallest absolute Gasteiger partial charge is 0.224 e. The highest BCUT2D eigenvalue weighted by atomic mass is 19.2. The summed E-state index contributed by atoms with van der Waals surface area (Å²) in [5.74, 6) is -2.13. The normalized spacial score (nSPS) is 20.8. The van der Waals surface area contributed by atoms with E-state index in [4.69, 9.17) is 4.74 Å². The summed E-state index contributed by atoms with van der Waals surface area (Å²) in [6.07, 6.45) is 5.04. The van der Waals surface area contributed by atoms with E-state index in [0.717, 1.165) is 24.5 Å². The number of H-pyrrole nitrogens is 1. The number of halogens is 2. The SMILES string of the molecule is O=C(Cc1cccc(F)c1F)NC[C@@H]1CCCO[C@H]1c1cn[nH]c1.